The van der Waals surface area contributed by atoms with Crippen LogP contribution in [0.1, 0.15) is 27.3 Å². The molecule has 0 aliphatic carbocycles. The lowest BCUT2D eigenvalue weighted by Gasteiger charge is -2.11. The summed E-state index contributed by atoms with van der Waals surface area (Å²) in [5.41, 5.74) is 3.58. The van der Waals surface area contributed by atoms with Crippen molar-refractivity contribution in [2.24, 2.45) is 0 Å². The maximum Gasteiger partial charge on any atom is 0.251 e. The van der Waals surface area contributed by atoms with Crippen LogP contribution in [0.2, 0.25) is 0 Å². The Hall–Kier alpha value is -3.49. The summed E-state index contributed by atoms with van der Waals surface area (Å²) in [4.78, 5) is 12.2. The van der Waals surface area contributed by atoms with E-state index in [1.807, 2.05) is 59.2 Å². The number of benzene rings is 3. The van der Waals surface area contributed by atoms with Gasteiger partial charge in [-0.1, -0.05) is 54.2 Å². The molecule has 6 nitrogen and oxygen atoms in total. The van der Waals surface area contributed by atoms with Crippen LogP contribution in [0.15, 0.2) is 84.0 Å². The van der Waals surface area contributed by atoms with Crippen LogP contribution in [0.5, 0.6) is 0 Å². The van der Waals surface area contributed by atoms with E-state index in [0.29, 0.717) is 30.9 Å². The Kier molecular flexibility index (Phi) is 8.06. The van der Waals surface area contributed by atoms with Crippen molar-refractivity contribution in [3.8, 4) is 5.69 Å². The zero-order chi connectivity index (χ0) is 23.8. The van der Waals surface area contributed by atoms with Gasteiger partial charge in [-0.25, -0.2) is 4.39 Å². The van der Waals surface area contributed by atoms with Crippen LogP contribution in [0, 0.1) is 5.82 Å². The summed E-state index contributed by atoms with van der Waals surface area (Å²) in [6.07, 6.45) is 0.610. The SMILES string of the molecule is COCCNC(=O)c1ccc(CSc2nnc(Cc3ccccc3)n2-c2ccc(F)cc2)cc1. The smallest absolute Gasteiger partial charge is 0.251 e. The third-order valence-corrected chi connectivity index (χ3v) is 6.17. The summed E-state index contributed by atoms with van der Waals surface area (Å²) < 4.78 is 20.5. The van der Waals surface area contributed by atoms with Crippen molar-refractivity contribution in [3.63, 3.8) is 0 Å². The van der Waals surface area contributed by atoms with Gasteiger partial charge in [0.05, 0.1) is 6.61 Å². The second-order valence-corrected chi connectivity index (χ2v) is 8.55. The van der Waals surface area contributed by atoms with Crippen molar-refractivity contribution in [3.05, 3.63) is 107 Å². The topological polar surface area (TPSA) is 69.0 Å². The standard InChI is InChI=1S/C26H25FN4O2S/c1-33-16-15-28-25(32)21-9-7-20(8-10-21)18-34-26-30-29-24(17-19-5-3-2-4-6-19)31(26)23-13-11-22(27)12-14-23/h2-14H,15-18H2,1H3,(H,28,32). The summed E-state index contributed by atoms with van der Waals surface area (Å²) >= 11 is 1.54. The molecule has 0 atom stereocenters. The molecule has 0 fully saturated rings. The number of hydrogen-bond acceptors (Lipinski definition) is 5. The molecular formula is C26H25FN4O2S. The first-order chi connectivity index (χ1) is 16.6. The highest BCUT2D eigenvalue weighted by molar-refractivity contribution is 7.98. The number of methoxy groups -OCH3 is 1. The Balaban J connectivity index is 1.50. The average Bonchev–Trinajstić information content (AvgIpc) is 3.26. The van der Waals surface area contributed by atoms with E-state index in [4.69, 9.17) is 4.74 Å². The van der Waals surface area contributed by atoms with Gasteiger partial charge in [-0.2, -0.15) is 0 Å². The van der Waals surface area contributed by atoms with Gasteiger partial charge in [0.15, 0.2) is 5.16 Å². The molecule has 4 rings (SSSR count). The summed E-state index contributed by atoms with van der Waals surface area (Å²) in [5.74, 6) is 1.01. The monoisotopic (exact) mass is 476 g/mol. The van der Waals surface area contributed by atoms with Gasteiger partial charge in [-0.15, -0.1) is 10.2 Å². The van der Waals surface area contributed by atoms with Gasteiger partial charge in [0, 0.05) is 37.1 Å². The maximum absolute atomic E-state index is 13.5. The molecule has 0 unspecified atom stereocenters. The Morgan fingerprint density at radius 2 is 1.71 bits per heavy atom. The molecule has 1 aromatic heterocycles. The van der Waals surface area contributed by atoms with E-state index in [1.165, 1.54) is 12.1 Å². The zero-order valence-electron chi connectivity index (χ0n) is 18.8. The number of ether oxygens (including phenoxy) is 1. The highest BCUT2D eigenvalue weighted by Gasteiger charge is 2.15. The summed E-state index contributed by atoms with van der Waals surface area (Å²) in [5, 5.41) is 12.4. The van der Waals surface area contributed by atoms with E-state index < -0.39 is 0 Å². The van der Waals surface area contributed by atoms with Crippen molar-refractivity contribution in [2.45, 2.75) is 17.3 Å². The predicted octanol–water partition coefficient (Wildman–Crippen LogP) is 4.67. The molecule has 0 saturated heterocycles. The van der Waals surface area contributed by atoms with Gasteiger partial charge in [0.2, 0.25) is 0 Å². The number of nitrogens with zero attached hydrogens (tertiary/aromatic N) is 3. The highest BCUT2D eigenvalue weighted by atomic mass is 32.2. The molecular weight excluding hydrogens is 451 g/mol. The predicted molar refractivity (Wildman–Crippen MR) is 131 cm³/mol. The first-order valence-electron chi connectivity index (χ1n) is 10.9. The van der Waals surface area contributed by atoms with Gasteiger partial charge in [0.1, 0.15) is 11.6 Å². The molecule has 8 heteroatoms. The Morgan fingerprint density at radius 1 is 0.971 bits per heavy atom. The van der Waals surface area contributed by atoms with Crippen LogP contribution >= 0.6 is 11.8 Å². The van der Waals surface area contributed by atoms with Gasteiger partial charge < -0.3 is 10.1 Å². The molecule has 0 aliphatic rings. The molecule has 1 amide bonds. The number of halogens is 1. The molecule has 0 aliphatic heterocycles. The molecule has 0 saturated carbocycles. The van der Waals surface area contributed by atoms with Crippen LogP contribution in [0.4, 0.5) is 4.39 Å². The van der Waals surface area contributed by atoms with E-state index in [0.717, 1.165) is 27.8 Å². The molecule has 34 heavy (non-hydrogen) atoms. The molecule has 174 valence electrons. The maximum atomic E-state index is 13.5. The van der Waals surface area contributed by atoms with E-state index in [-0.39, 0.29) is 11.7 Å². The fraction of sp³-hybridized carbons (Fsp3) is 0.192. The molecule has 4 aromatic rings. The van der Waals surface area contributed by atoms with Gasteiger partial charge in [0.25, 0.3) is 5.91 Å². The first kappa shape index (κ1) is 23.7. The Morgan fingerprint density at radius 3 is 2.41 bits per heavy atom. The van der Waals surface area contributed by atoms with E-state index in [2.05, 4.69) is 15.5 Å². The van der Waals surface area contributed by atoms with Crippen molar-refractivity contribution in [1.29, 1.82) is 0 Å². The second kappa shape index (κ2) is 11.6. The number of aromatic nitrogens is 3. The zero-order valence-corrected chi connectivity index (χ0v) is 19.6. The van der Waals surface area contributed by atoms with Crippen molar-refractivity contribution in [1.82, 2.24) is 20.1 Å². The Bertz CT molecular complexity index is 1210. The number of nitrogens with one attached hydrogen (secondary N) is 1. The third-order valence-electron chi connectivity index (χ3n) is 5.17. The van der Waals surface area contributed by atoms with Gasteiger partial charge >= 0.3 is 0 Å². The quantitative estimate of drug-likeness (QED) is 0.266. The fourth-order valence-electron chi connectivity index (χ4n) is 3.41. The summed E-state index contributed by atoms with van der Waals surface area (Å²) in [7, 11) is 1.60. The molecule has 0 bridgehead atoms. The molecule has 1 N–H and O–H groups in total. The van der Waals surface area contributed by atoms with E-state index >= 15 is 0 Å². The number of carbonyl (C=O) groups excluding carboxylic acids is 1. The molecule has 0 spiro atoms. The van der Waals surface area contributed by atoms with Crippen LogP contribution in [-0.4, -0.2) is 40.9 Å². The fourth-order valence-corrected chi connectivity index (χ4v) is 4.33. The molecule has 3 aromatic carbocycles. The average molecular weight is 477 g/mol. The number of thioether (sulfide) groups is 1. The van der Waals surface area contributed by atoms with Crippen molar-refractivity contribution >= 4 is 17.7 Å². The lowest BCUT2D eigenvalue weighted by molar-refractivity contribution is 0.0937. The third kappa shape index (κ3) is 6.09. The lowest BCUT2D eigenvalue weighted by Crippen LogP contribution is -2.26. The lowest BCUT2D eigenvalue weighted by atomic mass is 10.1. The molecule has 0 radical (unpaired) electrons. The number of carbonyl (C=O) groups is 1. The number of hydrogen-bond donors (Lipinski definition) is 1. The van der Waals surface area contributed by atoms with Crippen LogP contribution in [0.25, 0.3) is 5.69 Å². The normalized spacial score (nSPS) is 10.9. The summed E-state index contributed by atoms with van der Waals surface area (Å²) in [6.45, 7) is 0.943. The van der Waals surface area contributed by atoms with Crippen LogP contribution in [0.3, 0.4) is 0 Å². The van der Waals surface area contributed by atoms with Crippen LogP contribution in [-0.2, 0) is 16.9 Å². The van der Waals surface area contributed by atoms with E-state index in [9.17, 15) is 9.18 Å². The largest absolute Gasteiger partial charge is 0.383 e. The second-order valence-electron chi connectivity index (χ2n) is 7.61. The van der Waals surface area contributed by atoms with Crippen molar-refractivity contribution in [2.75, 3.05) is 20.3 Å². The Labute approximate surface area is 202 Å². The van der Waals surface area contributed by atoms with Gasteiger partial charge in [-0.05, 0) is 47.5 Å². The minimum absolute atomic E-state index is 0.127. The minimum Gasteiger partial charge on any atom is -0.383 e. The van der Waals surface area contributed by atoms with Gasteiger partial charge in [-0.3, -0.25) is 9.36 Å². The minimum atomic E-state index is -0.290. The van der Waals surface area contributed by atoms with Crippen molar-refractivity contribution < 1.29 is 13.9 Å². The highest BCUT2D eigenvalue weighted by Crippen LogP contribution is 2.26. The van der Waals surface area contributed by atoms with E-state index in [1.54, 1.807) is 31.0 Å². The summed E-state index contributed by atoms with van der Waals surface area (Å²) in [6, 6.07) is 23.9. The number of amides is 1. The number of rotatable bonds is 10. The molecule has 1 heterocycles. The van der Waals surface area contributed by atoms with Crippen LogP contribution < -0.4 is 5.32 Å². The first-order valence-corrected chi connectivity index (χ1v) is 11.9.